The van der Waals surface area contributed by atoms with Gasteiger partial charge in [0.2, 0.25) is 5.95 Å². The van der Waals surface area contributed by atoms with E-state index in [1.54, 1.807) is 7.11 Å². The predicted molar refractivity (Wildman–Crippen MR) is 164 cm³/mol. The summed E-state index contributed by atoms with van der Waals surface area (Å²) in [6.45, 7) is 4.96. The molecule has 5 aromatic rings. The first-order valence-electron chi connectivity index (χ1n) is 14.4. The Balaban J connectivity index is 1.28. The fourth-order valence-corrected chi connectivity index (χ4v) is 5.88. The SMILES string of the molecule is COc1ccc(Cn2c(N(Cc3ccccc3)C3CCN(CCc4ccccc4)CC3)nc3ccccc32)cc1. The molecule has 0 aliphatic carbocycles. The van der Waals surface area contributed by atoms with Crippen LogP contribution < -0.4 is 9.64 Å². The third kappa shape index (κ3) is 6.05. The van der Waals surface area contributed by atoms with Crippen molar-refractivity contribution in [3.8, 4) is 5.75 Å². The second-order valence-corrected chi connectivity index (χ2v) is 10.8. The summed E-state index contributed by atoms with van der Waals surface area (Å²) in [7, 11) is 1.71. The van der Waals surface area contributed by atoms with Crippen LogP contribution >= 0.6 is 0 Å². The zero-order valence-corrected chi connectivity index (χ0v) is 23.3. The van der Waals surface area contributed by atoms with Crippen molar-refractivity contribution in [3.05, 3.63) is 126 Å². The third-order valence-corrected chi connectivity index (χ3v) is 8.14. The molecule has 5 nitrogen and oxygen atoms in total. The summed E-state index contributed by atoms with van der Waals surface area (Å²) in [6.07, 6.45) is 3.37. The number of ether oxygens (including phenoxy) is 1. The van der Waals surface area contributed by atoms with Crippen LogP contribution in [0.3, 0.4) is 0 Å². The summed E-state index contributed by atoms with van der Waals surface area (Å²) in [4.78, 5) is 10.5. The zero-order valence-electron chi connectivity index (χ0n) is 23.3. The fraction of sp³-hybridized carbons (Fsp3) is 0.286. The smallest absolute Gasteiger partial charge is 0.207 e. The molecule has 0 unspecified atom stereocenters. The van der Waals surface area contributed by atoms with E-state index in [1.807, 2.05) is 12.1 Å². The zero-order chi connectivity index (χ0) is 27.1. The maximum absolute atomic E-state index is 5.40. The van der Waals surface area contributed by atoms with Crippen LogP contribution in [0, 0.1) is 0 Å². The molecule has 40 heavy (non-hydrogen) atoms. The van der Waals surface area contributed by atoms with Crippen LogP contribution in [0.2, 0.25) is 0 Å². The van der Waals surface area contributed by atoms with E-state index in [0.29, 0.717) is 6.04 Å². The number of likely N-dealkylation sites (tertiary alicyclic amines) is 1. The minimum absolute atomic E-state index is 0.430. The lowest BCUT2D eigenvalue weighted by Gasteiger charge is -2.39. The Kier molecular flexibility index (Phi) is 8.10. The van der Waals surface area contributed by atoms with E-state index in [0.717, 1.165) is 69.2 Å². The van der Waals surface area contributed by atoms with Crippen molar-refractivity contribution in [2.45, 2.75) is 38.4 Å². The highest BCUT2D eigenvalue weighted by Crippen LogP contribution is 2.30. The highest BCUT2D eigenvalue weighted by Gasteiger charge is 2.28. The number of benzene rings is 4. The van der Waals surface area contributed by atoms with Gasteiger partial charge in [-0.2, -0.15) is 0 Å². The first-order valence-corrected chi connectivity index (χ1v) is 14.4. The highest BCUT2D eigenvalue weighted by molar-refractivity contribution is 5.79. The van der Waals surface area contributed by atoms with Gasteiger partial charge in [-0.1, -0.05) is 84.9 Å². The van der Waals surface area contributed by atoms with Gasteiger partial charge in [-0.15, -0.1) is 0 Å². The summed E-state index contributed by atoms with van der Waals surface area (Å²) < 4.78 is 7.81. The Morgan fingerprint density at radius 2 is 1.40 bits per heavy atom. The molecule has 0 N–H and O–H groups in total. The lowest BCUT2D eigenvalue weighted by molar-refractivity contribution is 0.209. The number of anilines is 1. The van der Waals surface area contributed by atoms with Crippen molar-refractivity contribution in [2.24, 2.45) is 0 Å². The van der Waals surface area contributed by atoms with Gasteiger partial charge in [-0.05, 0) is 60.2 Å². The Bertz CT molecular complexity index is 1490. The number of fused-ring (bicyclic) bond motifs is 1. The molecule has 1 saturated heterocycles. The fourth-order valence-electron chi connectivity index (χ4n) is 5.88. The first-order chi connectivity index (χ1) is 19.8. The standard InChI is InChI=1S/C35H38N4O/c1-40-32-18-16-30(17-19-32)27-39-34-15-9-8-14-33(34)36-35(39)38(26-29-12-6-3-7-13-29)31-21-24-37(25-22-31)23-20-28-10-4-2-5-11-28/h2-19,31H,20-27H2,1H3. The van der Waals surface area contributed by atoms with Crippen molar-refractivity contribution in [1.29, 1.82) is 0 Å². The molecule has 0 radical (unpaired) electrons. The largest absolute Gasteiger partial charge is 0.497 e. The number of rotatable bonds is 10. The maximum atomic E-state index is 5.40. The van der Waals surface area contributed by atoms with Crippen LogP contribution in [0.4, 0.5) is 5.95 Å². The van der Waals surface area contributed by atoms with E-state index < -0.39 is 0 Å². The summed E-state index contributed by atoms with van der Waals surface area (Å²) in [5, 5.41) is 0. The Morgan fingerprint density at radius 1 is 0.750 bits per heavy atom. The Morgan fingerprint density at radius 3 is 2.10 bits per heavy atom. The number of para-hydroxylation sites is 2. The summed E-state index contributed by atoms with van der Waals surface area (Å²) in [6, 6.07) is 39.1. The number of aromatic nitrogens is 2. The number of hydrogen-bond acceptors (Lipinski definition) is 4. The Hall–Kier alpha value is -4.09. The molecule has 0 bridgehead atoms. The average molecular weight is 531 g/mol. The summed E-state index contributed by atoms with van der Waals surface area (Å²) in [5.74, 6) is 1.94. The molecule has 1 aromatic heterocycles. The number of imidazole rings is 1. The average Bonchev–Trinajstić information content (AvgIpc) is 3.38. The highest BCUT2D eigenvalue weighted by atomic mass is 16.5. The van der Waals surface area contributed by atoms with Gasteiger partial charge in [0.25, 0.3) is 0 Å². The van der Waals surface area contributed by atoms with Crippen molar-refractivity contribution in [3.63, 3.8) is 0 Å². The minimum atomic E-state index is 0.430. The van der Waals surface area contributed by atoms with E-state index in [1.165, 1.54) is 22.2 Å². The summed E-state index contributed by atoms with van der Waals surface area (Å²) >= 11 is 0. The van der Waals surface area contributed by atoms with Crippen LogP contribution in [-0.4, -0.2) is 47.2 Å². The molecule has 1 fully saturated rings. The van der Waals surface area contributed by atoms with E-state index >= 15 is 0 Å². The number of nitrogens with zero attached hydrogens (tertiary/aromatic N) is 4. The van der Waals surface area contributed by atoms with Crippen LogP contribution in [-0.2, 0) is 19.5 Å². The summed E-state index contributed by atoms with van der Waals surface area (Å²) in [5.41, 5.74) is 6.19. The quantitative estimate of drug-likeness (QED) is 0.199. The van der Waals surface area contributed by atoms with Gasteiger partial charge in [-0.25, -0.2) is 4.98 Å². The van der Waals surface area contributed by atoms with E-state index in [9.17, 15) is 0 Å². The number of methoxy groups -OCH3 is 1. The molecule has 204 valence electrons. The van der Waals surface area contributed by atoms with Gasteiger partial charge < -0.3 is 19.1 Å². The first kappa shape index (κ1) is 26.1. The lowest BCUT2D eigenvalue weighted by atomic mass is 10.0. The predicted octanol–water partition coefficient (Wildman–Crippen LogP) is 6.81. The van der Waals surface area contributed by atoms with Crippen LogP contribution in [0.25, 0.3) is 11.0 Å². The Labute approximate surface area is 237 Å². The van der Waals surface area contributed by atoms with E-state index in [-0.39, 0.29) is 0 Å². The van der Waals surface area contributed by atoms with Crippen LogP contribution in [0.5, 0.6) is 5.75 Å². The van der Waals surface area contributed by atoms with Gasteiger partial charge in [0.1, 0.15) is 5.75 Å². The second kappa shape index (κ2) is 12.4. The molecule has 0 atom stereocenters. The van der Waals surface area contributed by atoms with Crippen LogP contribution in [0.15, 0.2) is 109 Å². The topological polar surface area (TPSA) is 33.5 Å². The van der Waals surface area contributed by atoms with Gasteiger partial charge in [0.15, 0.2) is 0 Å². The molecule has 0 saturated carbocycles. The minimum Gasteiger partial charge on any atom is -0.497 e. The molecule has 2 heterocycles. The lowest BCUT2D eigenvalue weighted by Crippen LogP contribution is -2.46. The van der Waals surface area contributed by atoms with Gasteiger partial charge in [-0.3, -0.25) is 0 Å². The maximum Gasteiger partial charge on any atom is 0.207 e. The molecule has 6 rings (SSSR count). The van der Waals surface area contributed by atoms with E-state index in [2.05, 4.69) is 111 Å². The molecular weight excluding hydrogens is 492 g/mol. The van der Waals surface area contributed by atoms with Crippen molar-refractivity contribution in [2.75, 3.05) is 31.6 Å². The normalized spacial score (nSPS) is 14.4. The van der Waals surface area contributed by atoms with Crippen molar-refractivity contribution >= 4 is 17.0 Å². The monoisotopic (exact) mass is 530 g/mol. The molecule has 1 aliphatic heterocycles. The van der Waals surface area contributed by atoms with Crippen molar-refractivity contribution < 1.29 is 4.74 Å². The van der Waals surface area contributed by atoms with E-state index in [4.69, 9.17) is 9.72 Å². The van der Waals surface area contributed by atoms with Gasteiger partial charge >= 0.3 is 0 Å². The van der Waals surface area contributed by atoms with Crippen LogP contribution in [0.1, 0.15) is 29.5 Å². The molecule has 4 aromatic carbocycles. The van der Waals surface area contributed by atoms with Gasteiger partial charge in [0.05, 0.1) is 24.7 Å². The third-order valence-electron chi connectivity index (χ3n) is 8.14. The molecule has 1 aliphatic rings. The molecule has 0 amide bonds. The van der Waals surface area contributed by atoms with Crippen molar-refractivity contribution in [1.82, 2.24) is 14.5 Å². The number of hydrogen-bond donors (Lipinski definition) is 0. The van der Waals surface area contributed by atoms with Gasteiger partial charge in [0, 0.05) is 32.2 Å². The molecular formula is C35H38N4O. The second-order valence-electron chi connectivity index (χ2n) is 10.8. The molecule has 5 heteroatoms. The number of piperidine rings is 1. The molecule has 0 spiro atoms.